The van der Waals surface area contributed by atoms with E-state index in [2.05, 4.69) is 263 Å². The summed E-state index contributed by atoms with van der Waals surface area (Å²) >= 11 is 46.3. The number of carbonyl (C=O) groups is 9. The summed E-state index contributed by atoms with van der Waals surface area (Å²) in [7, 11) is 5.96. The van der Waals surface area contributed by atoms with Crippen molar-refractivity contribution in [3.63, 3.8) is 0 Å². The first kappa shape index (κ1) is 144. The number of aromatic nitrogens is 5. The zero-order valence-corrected chi connectivity index (χ0v) is 108. The molecule has 51 heteroatoms. The molecule has 0 radical (unpaired) electrons. The molecule has 5 aromatic heterocycles. The maximum atomic E-state index is 11.3. The van der Waals surface area contributed by atoms with Gasteiger partial charge in [-0.2, -0.15) is 12.4 Å². The molecular formula is C99H93Br10Cl3KMnN13NaO21P. The van der Waals surface area contributed by atoms with Crippen LogP contribution in [0.5, 0.6) is 0 Å². The minimum atomic E-state index is -3.22. The first-order valence-electron chi connectivity index (χ1n) is 41.3. The van der Waals surface area contributed by atoms with Crippen LogP contribution in [0.3, 0.4) is 0 Å². The Morgan fingerprint density at radius 3 is 1.05 bits per heavy atom. The van der Waals surface area contributed by atoms with Crippen LogP contribution in [0.4, 0.5) is 0 Å². The number of aromatic carboxylic acids is 2. The number of primary amides is 1. The molecule has 0 aliphatic rings. The van der Waals surface area contributed by atoms with Crippen molar-refractivity contribution in [3.8, 4) is 6.07 Å². The van der Waals surface area contributed by atoms with Gasteiger partial charge < -0.3 is 75.5 Å². The number of rotatable bonds is 13. The third kappa shape index (κ3) is 47.7. The number of carboxylic acid groups (broad SMARTS) is 2. The van der Waals surface area contributed by atoms with Crippen LogP contribution in [-0.2, 0) is 62.2 Å². The fourth-order valence-electron chi connectivity index (χ4n) is 11.9. The van der Waals surface area contributed by atoms with Gasteiger partial charge in [-0.1, -0.05) is 224 Å². The molecule has 0 fully saturated rings. The number of fused-ring (bicyclic) bond motifs is 5. The van der Waals surface area contributed by atoms with Crippen molar-refractivity contribution < 1.29 is 196 Å². The van der Waals surface area contributed by atoms with Gasteiger partial charge in [0.25, 0.3) is 5.91 Å². The summed E-state index contributed by atoms with van der Waals surface area (Å²) in [6.07, 6.45) is 3.21. The van der Waals surface area contributed by atoms with E-state index in [0.29, 0.717) is 28.3 Å². The molecular weight excluding hydrogens is 2760 g/mol. The molecule has 150 heavy (non-hydrogen) atoms. The molecule has 0 saturated carbocycles. The van der Waals surface area contributed by atoms with Crippen molar-refractivity contribution in [2.45, 2.75) is 75.8 Å². The molecule has 34 nitrogen and oxygen atoms in total. The number of azide groups is 2. The number of carbonyl (C=O) groups excluding carboxylic acids is 7. The molecule has 11 N–H and O–H groups in total. The number of methoxy groups -OCH3 is 4. The minimum absolute atomic E-state index is 0. The number of hydrogen-bond acceptors (Lipinski definition) is 22. The first-order valence-corrected chi connectivity index (χ1v) is 54.6. The molecule has 0 atom stereocenters. The number of benzene rings is 10. The molecule has 5 heterocycles. The van der Waals surface area contributed by atoms with Crippen LogP contribution in [0.2, 0.25) is 0 Å². The van der Waals surface area contributed by atoms with Crippen LogP contribution < -0.4 is 91.8 Å². The number of aryl methyl sites for hydroxylation is 5. The SMILES string of the molecule is COC(=O)/C(=C\c1cccc(Br)c1C)N=[N+]=[N-].COC(=O)CN=[N+]=[N-].COC(=O)c1cc2c(C)c(Br)ccc2[nH]1.COC(=O)c1cc2c(C)c(Br)ccc2[nH]1.C[O-].Cc1c(Br)ccc2[nH]c(C#N)cc12.Cc1c(Br)ccc2[nH]c(C(=O)O)cc12.Cc1c(Br)ccc2[nH]c(C(N)=O)cc12.Cc1c(Br)cccc1C(=O)O.Cc1c(Br)cccc1C=O.Cc1c(Br)cccc1C=O.Cc1c(Br)cccc1CO.O=P(Cl)(Cl)Cl.[K+].[Na+].[OH-].[O]=[Mn]=[O]. The van der Waals surface area contributed by atoms with Gasteiger partial charge in [0.2, 0.25) is 0 Å². The Morgan fingerprint density at radius 2 is 0.753 bits per heavy atom. The maximum absolute atomic E-state index is 11.3. The zero-order valence-electron chi connectivity index (χ0n) is 82.6. The van der Waals surface area contributed by atoms with Gasteiger partial charge in [0.05, 0.1) is 40.6 Å². The van der Waals surface area contributed by atoms with Crippen LogP contribution in [0, 0.1) is 80.6 Å². The standard InChI is InChI=1S/C11H10BrN3O2.2C11H10BrNO2.C10H9BrN2O.C10H7BrN2.C10H8BrNO2.C8H7BrO2.C8H9BrO.2C8H7BrO.C3H5N3O2.CH3O.Cl3OP.K.Mn.Na.H2O.2O/c1-7-8(4-3-5-9(7)12)6-10(14-15-13)11(16)17-2;2*1-6-7-5-10(11(14)15-2)13-9(7)4-3-8(6)12;1-5-6-4-9(10(12)14)13-8(6)3-2-7(5)11;1-6-8-4-7(5-12)13-10(8)3-2-9(6)11;1-5-6-4-9(10(13)14)12-8(6)3-2-7(5)11;1-5-6(8(10)11)3-2-4-7(5)9;3*1-6-7(5-10)3-2-4-8(6)9;1-8-3(7)2-5-6-4;1-2;1-5(2,3)4;;;;;;/h3-6H,1-2H3;2*3-5,13H,1-2H3;2-4,13H,1H3,(H2,12,14);2-4,13H,1H3;2-4,12H,1H3,(H,13,14);2-4H,1H3,(H,10,11);2-4,10H,5H2,1H3;2*2-5H,1H3;2H2,1H3;1H3;;;;;1H2;;/q;;;;;;;;;;;-1;;+1;;+1;;;/p-1/b10-6+;;;;;;;;;;;;;;;;;;. The number of amides is 1. The number of nitrogens with two attached hydrogens (primary N) is 1. The van der Waals surface area contributed by atoms with E-state index < -0.39 is 49.8 Å². The molecule has 15 rings (SSSR count). The van der Waals surface area contributed by atoms with E-state index in [4.69, 9.17) is 50.2 Å². The normalized spacial score (nSPS) is 9.73. The summed E-state index contributed by atoms with van der Waals surface area (Å²) in [6, 6.07) is 57.9. The Bertz CT molecular complexity index is 7240. The molecule has 15 aromatic rings. The van der Waals surface area contributed by atoms with E-state index in [1.807, 2.05) is 196 Å². The van der Waals surface area contributed by atoms with Gasteiger partial charge in [-0.15, -0.1) is 0 Å². The number of ether oxygens (including phenoxy) is 4. The Morgan fingerprint density at radius 1 is 0.453 bits per heavy atom. The van der Waals surface area contributed by atoms with E-state index in [1.54, 1.807) is 55.5 Å². The number of H-pyrrole nitrogens is 5. The Labute approximate surface area is 1030 Å². The topological polar surface area (TPSA) is 582 Å². The van der Waals surface area contributed by atoms with E-state index in [0.717, 1.165) is 197 Å². The van der Waals surface area contributed by atoms with Crippen LogP contribution in [0.1, 0.15) is 145 Å². The number of hydrogen-bond donors (Lipinski definition) is 9. The van der Waals surface area contributed by atoms with Crippen molar-refractivity contribution in [1.29, 1.82) is 5.26 Å². The molecule has 0 spiro atoms. The van der Waals surface area contributed by atoms with Gasteiger partial charge in [-0.25, -0.2) is 24.0 Å². The summed E-state index contributed by atoms with van der Waals surface area (Å²) < 4.78 is 54.2. The fourth-order valence-corrected chi connectivity index (χ4v) is 15.5. The Balaban J connectivity index is 0. The predicted octanol–water partition coefficient (Wildman–Crippen LogP) is 23.7. The molecule has 10 aromatic carbocycles. The number of nitrogens with one attached hydrogen (secondary N) is 5. The van der Waals surface area contributed by atoms with Crippen molar-refractivity contribution in [2.75, 3.05) is 42.1 Å². The molecule has 0 unspecified atom stereocenters. The second kappa shape index (κ2) is 74.9. The molecule has 0 bridgehead atoms. The second-order valence-corrected chi connectivity index (χ2v) is 44.4. The zero-order chi connectivity index (χ0) is 112. The van der Waals surface area contributed by atoms with Crippen molar-refractivity contribution >= 4 is 313 Å². The average Bonchev–Trinajstić information content (AvgIpc) is 1.69. The van der Waals surface area contributed by atoms with Crippen LogP contribution in [0.15, 0.2) is 243 Å². The molecule has 1 amide bonds. The monoisotopic (exact) mass is 2840 g/mol. The van der Waals surface area contributed by atoms with Gasteiger partial charge in [-0.05, 0) is 314 Å². The fraction of sp³-hybridized carbons (Fsp3) is 0.172. The van der Waals surface area contributed by atoms with Crippen molar-refractivity contribution in [1.82, 2.24) is 24.9 Å². The third-order valence-electron chi connectivity index (χ3n) is 20.0. The number of aromatic amines is 5. The third-order valence-corrected chi connectivity index (χ3v) is 28.6. The van der Waals surface area contributed by atoms with E-state index in [1.165, 1.54) is 34.5 Å². The van der Waals surface area contributed by atoms with Gasteiger partial charge in [0.1, 0.15) is 59.4 Å². The van der Waals surface area contributed by atoms with Gasteiger partial charge in [0, 0.05) is 120 Å². The van der Waals surface area contributed by atoms with Crippen LogP contribution in [-0.4, -0.2) is 142 Å². The van der Waals surface area contributed by atoms with Gasteiger partial charge >= 0.3 is 144 Å². The molecule has 0 aliphatic carbocycles. The number of carboxylic acids is 2. The summed E-state index contributed by atoms with van der Waals surface area (Å²) in [6.45, 7) is 19.3. The molecule has 0 saturated heterocycles. The first-order chi connectivity index (χ1) is 69.4. The molecule has 0 aliphatic heterocycles. The van der Waals surface area contributed by atoms with Gasteiger partial charge in [0.15, 0.2) is 0 Å². The predicted molar refractivity (Wildman–Crippen MR) is 604 cm³/mol. The Hall–Kier alpha value is -8.08. The quantitative estimate of drug-likeness (QED) is 0.00596. The number of aliphatic hydroxyl groups is 1. The van der Waals surface area contributed by atoms with E-state index in [9.17, 15) is 47.7 Å². The number of halogens is 13. The summed E-state index contributed by atoms with van der Waals surface area (Å²) in [5.41, 5.74) is 42.0. The van der Waals surface area contributed by atoms with Crippen LogP contribution in [0.25, 0.3) is 81.5 Å². The summed E-state index contributed by atoms with van der Waals surface area (Å²) in [5.74, 6) is -4.13. The number of aliphatic hydroxyl groups excluding tert-OH is 1. The molecule has 785 valence electrons. The van der Waals surface area contributed by atoms with Crippen molar-refractivity contribution in [3.05, 3.63) is 365 Å². The summed E-state index contributed by atoms with van der Waals surface area (Å²) in [4.78, 5) is 117. The Kier molecular flexibility index (Phi) is 71.9. The number of aldehydes is 2. The van der Waals surface area contributed by atoms with Crippen molar-refractivity contribution in [2.24, 2.45) is 16.0 Å². The van der Waals surface area contributed by atoms with E-state index in [-0.39, 0.29) is 123 Å². The summed E-state index contributed by atoms with van der Waals surface area (Å²) in [5, 5.41) is 51.4. The second-order valence-electron chi connectivity index (χ2n) is 29.0. The van der Waals surface area contributed by atoms with E-state index >= 15 is 0 Å². The number of nitriles is 1. The van der Waals surface area contributed by atoms with Gasteiger partial charge in [-0.3, -0.25) is 23.7 Å². The average molecular weight is 2850 g/mol. The number of nitrogens with zero attached hydrogens (tertiary/aromatic N) is 7. The number of esters is 4. The van der Waals surface area contributed by atoms with Crippen LogP contribution >= 0.6 is 198 Å².